The van der Waals surface area contributed by atoms with Crippen LogP contribution >= 0.6 is 24.0 Å². The predicted octanol–water partition coefficient (Wildman–Crippen LogP) is 3.30. The van der Waals surface area contributed by atoms with Crippen LogP contribution in [0.1, 0.15) is 38.2 Å². The standard InChI is InChI=1S/C17H23ClN2O.ClH/c1-16(7-9-19-10-8-16)12-20-15(21)17(5-6-17)13-3-2-4-14(18)11-13;/h2-4,11,19H,5-10,12H2,1H3,(H,20,21);1H. The Bertz CT molecular complexity index is 537. The van der Waals surface area contributed by atoms with Gasteiger partial charge in [-0.3, -0.25) is 4.79 Å². The van der Waals surface area contributed by atoms with Crippen LogP contribution in [0.5, 0.6) is 0 Å². The van der Waals surface area contributed by atoms with Gasteiger partial charge in [0.05, 0.1) is 5.41 Å². The molecule has 5 heteroatoms. The molecule has 0 aromatic heterocycles. The molecule has 1 heterocycles. The molecule has 1 aromatic carbocycles. The number of hydrogen-bond acceptors (Lipinski definition) is 2. The fourth-order valence-corrected chi connectivity index (χ4v) is 3.42. The highest BCUT2D eigenvalue weighted by atomic mass is 35.5. The van der Waals surface area contributed by atoms with E-state index in [0.29, 0.717) is 5.02 Å². The molecule has 0 spiro atoms. The largest absolute Gasteiger partial charge is 0.355 e. The van der Waals surface area contributed by atoms with Crippen LogP contribution in [0.15, 0.2) is 24.3 Å². The first-order chi connectivity index (χ1) is 10.0. The zero-order valence-corrected chi connectivity index (χ0v) is 14.5. The fourth-order valence-electron chi connectivity index (χ4n) is 3.23. The zero-order chi connectivity index (χ0) is 14.9. The second kappa shape index (κ2) is 6.77. The molecule has 2 N–H and O–H groups in total. The van der Waals surface area contributed by atoms with Crippen molar-refractivity contribution in [2.75, 3.05) is 19.6 Å². The van der Waals surface area contributed by atoms with Crippen LogP contribution in [0, 0.1) is 5.41 Å². The molecule has 0 unspecified atom stereocenters. The van der Waals surface area contributed by atoms with Crippen LogP contribution in [-0.4, -0.2) is 25.5 Å². The summed E-state index contributed by atoms with van der Waals surface area (Å²) in [7, 11) is 0. The van der Waals surface area contributed by atoms with E-state index < -0.39 is 0 Å². The van der Waals surface area contributed by atoms with Crippen molar-refractivity contribution in [3.8, 4) is 0 Å². The highest BCUT2D eigenvalue weighted by Crippen LogP contribution is 2.49. The second-order valence-corrected chi connectivity index (χ2v) is 7.27. The van der Waals surface area contributed by atoms with E-state index >= 15 is 0 Å². The smallest absolute Gasteiger partial charge is 0.230 e. The molecule has 2 aliphatic rings. The molecule has 1 saturated heterocycles. The quantitative estimate of drug-likeness (QED) is 0.881. The lowest BCUT2D eigenvalue weighted by Crippen LogP contribution is -2.45. The summed E-state index contributed by atoms with van der Waals surface area (Å²) in [5, 5.41) is 7.28. The summed E-state index contributed by atoms with van der Waals surface area (Å²) in [6, 6.07) is 7.74. The lowest BCUT2D eigenvalue weighted by molar-refractivity contribution is -0.124. The van der Waals surface area contributed by atoms with Crippen molar-refractivity contribution in [3.63, 3.8) is 0 Å². The number of halogens is 2. The van der Waals surface area contributed by atoms with Gasteiger partial charge in [-0.15, -0.1) is 12.4 Å². The van der Waals surface area contributed by atoms with Crippen LogP contribution in [0.4, 0.5) is 0 Å². The predicted molar refractivity (Wildman–Crippen MR) is 92.8 cm³/mol. The third-order valence-electron chi connectivity index (χ3n) is 5.05. The van der Waals surface area contributed by atoms with Crippen molar-refractivity contribution in [1.82, 2.24) is 10.6 Å². The molecule has 3 rings (SSSR count). The van der Waals surface area contributed by atoms with Gasteiger partial charge in [-0.2, -0.15) is 0 Å². The van der Waals surface area contributed by atoms with Crippen molar-refractivity contribution >= 4 is 29.9 Å². The molecule has 1 saturated carbocycles. The lowest BCUT2D eigenvalue weighted by Gasteiger charge is -2.34. The number of amides is 1. The molecule has 22 heavy (non-hydrogen) atoms. The minimum atomic E-state index is -0.325. The number of carbonyl (C=O) groups is 1. The van der Waals surface area contributed by atoms with Gasteiger partial charge in [-0.1, -0.05) is 30.7 Å². The Kier molecular flexibility index (Phi) is 5.41. The van der Waals surface area contributed by atoms with Crippen molar-refractivity contribution in [3.05, 3.63) is 34.9 Å². The van der Waals surface area contributed by atoms with Gasteiger partial charge >= 0.3 is 0 Å². The van der Waals surface area contributed by atoms with Gasteiger partial charge in [0.1, 0.15) is 0 Å². The molecule has 1 aromatic rings. The number of piperidine rings is 1. The number of hydrogen-bond donors (Lipinski definition) is 2. The fraction of sp³-hybridized carbons (Fsp3) is 0.588. The summed E-state index contributed by atoms with van der Waals surface area (Å²) in [5.74, 6) is 0.171. The molecule has 3 nitrogen and oxygen atoms in total. The molecule has 0 radical (unpaired) electrons. The van der Waals surface area contributed by atoms with E-state index in [1.807, 2.05) is 24.3 Å². The monoisotopic (exact) mass is 342 g/mol. The molecule has 0 atom stereocenters. The Hall–Kier alpha value is -0.770. The Balaban J connectivity index is 0.00000176. The van der Waals surface area contributed by atoms with Gasteiger partial charge in [0.2, 0.25) is 5.91 Å². The van der Waals surface area contributed by atoms with Crippen LogP contribution in [-0.2, 0) is 10.2 Å². The highest BCUT2D eigenvalue weighted by Gasteiger charge is 2.51. The Morgan fingerprint density at radius 1 is 1.27 bits per heavy atom. The van der Waals surface area contributed by atoms with Crippen LogP contribution < -0.4 is 10.6 Å². The van der Waals surface area contributed by atoms with Gasteiger partial charge in [0.15, 0.2) is 0 Å². The maximum atomic E-state index is 12.7. The summed E-state index contributed by atoms with van der Waals surface area (Å²) in [6.45, 7) is 5.14. The van der Waals surface area contributed by atoms with Crippen molar-refractivity contribution < 1.29 is 4.79 Å². The first-order valence-corrected chi connectivity index (χ1v) is 8.17. The Morgan fingerprint density at radius 3 is 2.55 bits per heavy atom. The van der Waals surface area contributed by atoms with E-state index in [-0.39, 0.29) is 29.1 Å². The topological polar surface area (TPSA) is 41.1 Å². The third-order valence-corrected chi connectivity index (χ3v) is 5.28. The molecule has 0 bridgehead atoms. The zero-order valence-electron chi connectivity index (χ0n) is 13.0. The van der Waals surface area contributed by atoms with Crippen LogP contribution in [0.3, 0.4) is 0 Å². The Labute approximate surface area is 143 Å². The van der Waals surface area contributed by atoms with Gasteiger partial charge in [0, 0.05) is 11.6 Å². The average Bonchev–Trinajstić information content (AvgIpc) is 3.27. The van der Waals surface area contributed by atoms with Crippen LogP contribution in [0.25, 0.3) is 0 Å². The summed E-state index contributed by atoms with van der Waals surface area (Å²) in [5.41, 5.74) is 0.961. The van der Waals surface area contributed by atoms with Gasteiger partial charge < -0.3 is 10.6 Å². The molecular weight excluding hydrogens is 319 g/mol. The summed E-state index contributed by atoms with van der Waals surface area (Å²) in [6.07, 6.45) is 4.10. The number of nitrogens with one attached hydrogen (secondary N) is 2. The number of carbonyl (C=O) groups excluding carboxylic acids is 1. The minimum absolute atomic E-state index is 0. The van der Waals surface area contributed by atoms with Crippen molar-refractivity contribution in [1.29, 1.82) is 0 Å². The van der Waals surface area contributed by atoms with Gasteiger partial charge in [0.25, 0.3) is 0 Å². The van der Waals surface area contributed by atoms with E-state index in [1.165, 1.54) is 0 Å². The van der Waals surface area contributed by atoms with E-state index in [0.717, 1.165) is 50.9 Å². The molecule has 122 valence electrons. The van der Waals surface area contributed by atoms with Crippen LogP contribution in [0.2, 0.25) is 5.02 Å². The van der Waals surface area contributed by atoms with Gasteiger partial charge in [-0.25, -0.2) is 0 Å². The minimum Gasteiger partial charge on any atom is -0.355 e. The van der Waals surface area contributed by atoms with E-state index in [1.54, 1.807) is 0 Å². The maximum absolute atomic E-state index is 12.7. The number of rotatable bonds is 4. The average molecular weight is 343 g/mol. The third kappa shape index (κ3) is 3.58. The Morgan fingerprint density at radius 2 is 1.95 bits per heavy atom. The summed E-state index contributed by atoms with van der Waals surface area (Å²) >= 11 is 6.07. The van der Waals surface area contributed by atoms with E-state index in [2.05, 4.69) is 17.6 Å². The van der Waals surface area contributed by atoms with Crippen molar-refractivity contribution in [2.45, 2.75) is 38.0 Å². The number of benzene rings is 1. The normalized spacial score (nSPS) is 21.5. The maximum Gasteiger partial charge on any atom is 0.230 e. The SMILES string of the molecule is CC1(CNC(=O)C2(c3cccc(Cl)c3)CC2)CCNCC1.Cl. The highest BCUT2D eigenvalue weighted by molar-refractivity contribution is 6.30. The molecular formula is C17H24Cl2N2O. The van der Waals surface area contributed by atoms with E-state index in [9.17, 15) is 4.79 Å². The lowest BCUT2D eigenvalue weighted by atomic mass is 9.81. The van der Waals surface area contributed by atoms with E-state index in [4.69, 9.17) is 11.6 Å². The molecule has 2 fully saturated rings. The second-order valence-electron chi connectivity index (χ2n) is 6.84. The molecule has 1 amide bonds. The first-order valence-electron chi connectivity index (χ1n) is 7.79. The molecule has 1 aliphatic heterocycles. The van der Waals surface area contributed by atoms with Gasteiger partial charge in [-0.05, 0) is 61.9 Å². The summed E-state index contributed by atoms with van der Waals surface area (Å²) < 4.78 is 0. The van der Waals surface area contributed by atoms with Crippen molar-refractivity contribution in [2.24, 2.45) is 5.41 Å². The summed E-state index contributed by atoms with van der Waals surface area (Å²) in [4.78, 5) is 12.7. The molecule has 1 aliphatic carbocycles. The first kappa shape index (κ1) is 17.6.